The van der Waals surface area contributed by atoms with Gasteiger partial charge in [0.1, 0.15) is 0 Å². The molecule has 0 atom stereocenters. The van der Waals surface area contributed by atoms with Crippen LogP contribution in [0.15, 0.2) is 18.3 Å². The smallest absolute Gasteiger partial charge is 0.294 e. The normalized spacial score (nSPS) is 10.6. The zero-order valence-electron chi connectivity index (χ0n) is 11.3. The number of aldehydes is 1. The Balaban J connectivity index is 2.69. The molecule has 0 unspecified atom stereocenters. The molecule has 6 heteroatoms. The van der Waals surface area contributed by atoms with Gasteiger partial charge < -0.3 is 9.47 Å². The van der Waals surface area contributed by atoms with E-state index in [2.05, 4.69) is 0 Å². The van der Waals surface area contributed by atoms with Crippen LogP contribution in [-0.4, -0.2) is 41.5 Å². The van der Waals surface area contributed by atoms with Gasteiger partial charge in [-0.15, -0.1) is 0 Å². The van der Waals surface area contributed by atoms with Crippen molar-refractivity contribution in [3.63, 3.8) is 0 Å². The first-order valence-electron chi connectivity index (χ1n) is 5.86. The molecule has 2 aromatic rings. The summed E-state index contributed by atoms with van der Waals surface area (Å²) in [6, 6.07) is 3.14. The standard InChI is InChI=1S/C14H13ClN2O3/c1-16(2)14(20)13(19)10-6-17(3)12-5-11(15)8(7-18)4-9(10)12/h4-7H,1-3H3. The fraction of sp³-hybridized carbons (Fsp3) is 0.214. The summed E-state index contributed by atoms with van der Waals surface area (Å²) in [7, 11) is 4.77. The zero-order valence-corrected chi connectivity index (χ0v) is 12.1. The highest BCUT2D eigenvalue weighted by Gasteiger charge is 2.23. The Morgan fingerprint density at radius 3 is 2.50 bits per heavy atom. The van der Waals surface area contributed by atoms with E-state index in [0.717, 1.165) is 0 Å². The average molecular weight is 293 g/mol. The van der Waals surface area contributed by atoms with Crippen LogP contribution in [0.1, 0.15) is 20.7 Å². The van der Waals surface area contributed by atoms with E-state index in [1.165, 1.54) is 25.1 Å². The Bertz CT molecular complexity index is 732. The molecule has 0 N–H and O–H groups in total. The summed E-state index contributed by atoms with van der Waals surface area (Å²) in [5.74, 6) is -1.22. The van der Waals surface area contributed by atoms with Crippen LogP contribution in [0.2, 0.25) is 5.02 Å². The van der Waals surface area contributed by atoms with Gasteiger partial charge in [-0.2, -0.15) is 0 Å². The number of carbonyl (C=O) groups excluding carboxylic acids is 3. The van der Waals surface area contributed by atoms with E-state index in [0.29, 0.717) is 22.2 Å². The van der Waals surface area contributed by atoms with Gasteiger partial charge in [0.25, 0.3) is 11.7 Å². The third-order valence-electron chi connectivity index (χ3n) is 3.08. The van der Waals surface area contributed by atoms with E-state index in [-0.39, 0.29) is 11.1 Å². The van der Waals surface area contributed by atoms with Crippen molar-refractivity contribution >= 4 is 40.5 Å². The van der Waals surface area contributed by atoms with Gasteiger partial charge in [-0.25, -0.2) is 0 Å². The lowest BCUT2D eigenvalue weighted by Crippen LogP contribution is -2.29. The number of fused-ring (bicyclic) bond motifs is 1. The molecule has 0 spiro atoms. The third kappa shape index (κ3) is 2.20. The van der Waals surface area contributed by atoms with Crippen LogP contribution in [0, 0.1) is 0 Å². The van der Waals surface area contributed by atoms with Crippen LogP contribution in [0.5, 0.6) is 0 Å². The van der Waals surface area contributed by atoms with E-state index in [9.17, 15) is 14.4 Å². The minimum atomic E-state index is -0.611. The summed E-state index contributed by atoms with van der Waals surface area (Å²) < 4.78 is 1.70. The van der Waals surface area contributed by atoms with Crippen molar-refractivity contribution in [3.8, 4) is 0 Å². The summed E-state index contributed by atoms with van der Waals surface area (Å²) in [4.78, 5) is 36.1. The molecule has 1 heterocycles. The van der Waals surface area contributed by atoms with Crippen LogP contribution in [0.25, 0.3) is 10.9 Å². The molecule has 20 heavy (non-hydrogen) atoms. The Morgan fingerprint density at radius 1 is 1.30 bits per heavy atom. The number of halogens is 1. The van der Waals surface area contributed by atoms with Crippen molar-refractivity contribution in [2.75, 3.05) is 14.1 Å². The highest BCUT2D eigenvalue weighted by atomic mass is 35.5. The van der Waals surface area contributed by atoms with Crippen molar-refractivity contribution < 1.29 is 14.4 Å². The molecule has 0 aliphatic carbocycles. The summed E-state index contributed by atoms with van der Waals surface area (Å²) in [5, 5.41) is 0.853. The summed E-state index contributed by atoms with van der Waals surface area (Å²) in [6.45, 7) is 0. The minimum absolute atomic E-state index is 0.265. The van der Waals surface area contributed by atoms with Gasteiger partial charge in [0.15, 0.2) is 6.29 Å². The molecule has 0 radical (unpaired) electrons. The minimum Gasteiger partial charge on any atom is -0.350 e. The molecule has 1 amide bonds. The number of hydrogen-bond donors (Lipinski definition) is 0. The van der Waals surface area contributed by atoms with Gasteiger partial charge in [-0.1, -0.05) is 11.6 Å². The highest BCUT2D eigenvalue weighted by molar-refractivity contribution is 6.45. The molecule has 104 valence electrons. The Labute approximate surface area is 120 Å². The number of benzene rings is 1. The summed E-state index contributed by atoms with van der Waals surface area (Å²) in [6.07, 6.45) is 2.19. The first-order valence-corrected chi connectivity index (χ1v) is 6.24. The van der Waals surface area contributed by atoms with Gasteiger partial charge in [-0.05, 0) is 12.1 Å². The third-order valence-corrected chi connectivity index (χ3v) is 3.41. The molecule has 0 aliphatic rings. The molecule has 2 rings (SSSR count). The SMILES string of the molecule is CN(C)C(=O)C(=O)c1cn(C)c2cc(Cl)c(C=O)cc12. The van der Waals surface area contributed by atoms with Crippen molar-refractivity contribution in [2.45, 2.75) is 0 Å². The second-order valence-electron chi connectivity index (χ2n) is 4.69. The highest BCUT2D eigenvalue weighted by Crippen LogP contribution is 2.27. The number of amides is 1. The monoisotopic (exact) mass is 292 g/mol. The van der Waals surface area contributed by atoms with E-state index in [1.807, 2.05) is 0 Å². The van der Waals surface area contributed by atoms with Gasteiger partial charge in [0.05, 0.1) is 16.1 Å². The number of ketones is 1. The van der Waals surface area contributed by atoms with Crippen molar-refractivity contribution in [1.29, 1.82) is 0 Å². The first-order chi connectivity index (χ1) is 9.36. The number of aromatic nitrogens is 1. The molecule has 1 aromatic heterocycles. The average Bonchev–Trinajstić information content (AvgIpc) is 2.72. The molecule has 0 bridgehead atoms. The van der Waals surface area contributed by atoms with Crippen LogP contribution < -0.4 is 0 Å². The lowest BCUT2D eigenvalue weighted by molar-refractivity contribution is -0.124. The number of rotatable bonds is 3. The fourth-order valence-electron chi connectivity index (χ4n) is 2.01. The quantitative estimate of drug-likeness (QED) is 0.493. The fourth-order valence-corrected chi connectivity index (χ4v) is 2.21. The molecule has 0 saturated heterocycles. The maximum absolute atomic E-state index is 12.2. The summed E-state index contributed by atoms with van der Waals surface area (Å²) in [5.41, 5.74) is 1.24. The lowest BCUT2D eigenvalue weighted by atomic mass is 10.1. The van der Waals surface area contributed by atoms with Crippen molar-refractivity contribution in [1.82, 2.24) is 9.47 Å². The number of Topliss-reactive ketones (excluding diaryl/α,β-unsaturated/α-hetero) is 1. The van der Waals surface area contributed by atoms with Crippen molar-refractivity contribution in [3.05, 3.63) is 34.5 Å². The van der Waals surface area contributed by atoms with E-state index in [1.54, 1.807) is 23.9 Å². The second-order valence-corrected chi connectivity index (χ2v) is 5.10. The van der Waals surface area contributed by atoms with Gasteiger partial charge in [0, 0.05) is 38.3 Å². The van der Waals surface area contributed by atoms with Gasteiger partial charge in [0.2, 0.25) is 0 Å². The molecule has 0 saturated carbocycles. The zero-order chi connectivity index (χ0) is 15.0. The predicted octanol–water partition coefficient (Wildman–Crippen LogP) is 1.92. The van der Waals surface area contributed by atoms with Gasteiger partial charge in [-0.3, -0.25) is 14.4 Å². The molecular formula is C14H13ClN2O3. The molecule has 1 aromatic carbocycles. The Kier molecular flexibility index (Phi) is 3.63. The van der Waals surface area contributed by atoms with E-state index < -0.39 is 11.7 Å². The first kappa shape index (κ1) is 14.3. The maximum Gasteiger partial charge on any atom is 0.294 e. The van der Waals surface area contributed by atoms with Crippen LogP contribution in [0.4, 0.5) is 0 Å². The Morgan fingerprint density at radius 2 is 1.95 bits per heavy atom. The number of carbonyl (C=O) groups is 3. The summed E-state index contributed by atoms with van der Waals surface area (Å²) >= 11 is 5.97. The van der Waals surface area contributed by atoms with Crippen LogP contribution in [-0.2, 0) is 11.8 Å². The van der Waals surface area contributed by atoms with E-state index >= 15 is 0 Å². The number of hydrogen-bond acceptors (Lipinski definition) is 3. The maximum atomic E-state index is 12.2. The number of aryl methyl sites for hydroxylation is 1. The predicted molar refractivity (Wildman–Crippen MR) is 76.3 cm³/mol. The van der Waals surface area contributed by atoms with Gasteiger partial charge >= 0.3 is 0 Å². The molecule has 0 fully saturated rings. The largest absolute Gasteiger partial charge is 0.350 e. The second kappa shape index (κ2) is 5.09. The molecular weight excluding hydrogens is 280 g/mol. The van der Waals surface area contributed by atoms with E-state index in [4.69, 9.17) is 11.6 Å². The van der Waals surface area contributed by atoms with Crippen LogP contribution in [0.3, 0.4) is 0 Å². The molecule has 0 aliphatic heterocycles. The topological polar surface area (TPSA) is 59.4 Å². The van der Waals surface area contributed by atoms with Crippen molar-refractivity contribution in [2.24, 2.45) is 7.05 Å². The molecule has 5 nitrogen and oxygen atoms in total. The Hall–Kier alpha value is -2.14. The lowest BCUT2D eigenvalue weighted by Gasteiger charge is -2.08. The van der Waals surface area contributed by atoms with Crippen LogP contribution >= 0.6 is 11.6 Å². The number of likely N-dealkylation sites (N-methyl/N-ethyl adjacent to an activating group) is 1. The number of nitrogens with zero attached hydrogens (tertiary/aromatic N) is 2.